The van der Waals surface area contributed by atoms with Crippen LogP contribution in [0.4, 0.5) is 0 Å². The Morgan fingerprint density at radius 2 is 1.90 bits per heavy atom. The highest BCUT2D eigenvalue weighted by Crippen LogP contribution is 2.28. The van der Waals surface area contributed by atoms with E-state index in [-0.39, 0.29) is 16.4 Å². The van der Waals surface area contributed by atoms with Gasteiger partial charge in [0.05, 0.1) is 20.3 Å². The standard InChI is InChI=1S/C12H17NO7S/c1-7(14)11(12(15)16)13-21(17,18)10-6-8(19-2)4-5-9(10)20-3/h4-7,11,13-14H,1-3H3,(H,15,16). The fourth-order valence-electron chi connectivity index (χ4n) is 1.58. The molecule has 0 spiro atoms. The lowest BCUT2D eigenvalue weighted by molar-refractivity contribution is -0.141. The Kier molecular flexibility index (Phi) is 5.53. The number of carbonyl (C=O) groups is 1. The van der Waals surface area contributed by atoms with E-state index in [0.717, 1.165) is 0 Å². The fraction of sp³-hybridized carbons (Fsp3) is 0.417. The maximum absolute atomic E-state index is 12.3. The molecular formula is C12H17NO7S. The van der Waals surface area contributed by atoms with Crippen molar-refractivity contribution in [2.45, 2.75) is 24.0 Å². The second-order valence-electron chi connectivity index (χ2n) is 4.19. The molecule has 0 aliphatic heterocycles. The molecule has 0 radical (unpaired) electrons. The van der Waals surface area contributed by atoms with E-state index < -0.39 is 28.1 Å². The van der Waals surface area contributed by atoms with Crippen LogP contribution in [0.5, 0.6) is 11.5 Å². The number of hydrogen-bond acceptors (Lipinski definition) is 6. The van der Waals surface area contributed by atoms with E-state index in [1.165, 1.54) is 39.3 Å². The van der Waals surface area contributed by atoms with Crippen molar-refractivity contribution < 1.29 is 32.9 Å². The van der Waals surface area contributed by atoms with Crippen LogP contribution in [0.3, 0.4) is 0 Å². The maximum atomic E-state index is 12.3. The number of rotatable bonds is 7. The van der Waals surface area contributed by atoms with Crippen LogP contribution in [0.2, 0.25) is 0 Å². The van der Waals surface area contributed by atoms with Crippen molar-refractivity contribution in [3.8, 4) is 11.5 Å². The molecule has 0 fully saturated rings. The molecule has 0 aromatic heterocycles. The van der Waals surface area contributed by atoms with Crippen molar-refractivity contribution in [3.05, 3.63) is 18.2 Å². The van der Waals surface area contributed by atoms with Crippen LogP contribution in [-0.4, -0.2) is 51.0 Å². The maximum Gasteiger partial charge on any atom is 0.324 e. The van der Waals surface area contributed by atoms with Crippen LogP contribution in [0, 0.1) is 0 Å². The monoisotopic (exact) mass is 319 g/mol. The second kappa shape index (κ2) is 6.74. The SMILES string of the molecule is COc1ccc(OC)c(S(=O)(=O)NC(C(=O)O)C(C)O)c1. The van der Waals surface area contributed by atoms with Crippen LogP contribution >= 0.6 is 0 Å². The lowest BCUT2D eigenvalue weighted by Gasteiger charge is -2.18. The number of methoxy groups -OCH3 is 2. The molecule has 2 atom stereocenters. The van der Waals surface area contributed by atoms with E-state index in [1.54, 1.807) is 0 Å². The first-order chi connectivity index (χ1) is 9.72. The summed E-state index contributed by atoms with van der Waals surface area (Å²) in [4.78, 5) is 10.7. The van der Waals surface area contributed by atoms with E-state index in [0.29, 0.717) is 0 Å². The number of carboxylic acid groups (broad SMARTS) is 1. The molecule has 1 aromatic rings. The van der Waals surface area contributed by atoms with E-state index in [9.17, 15) is 18.3 Å². The van der Waals surface area contributed by atoms with E-state index in [1.807, 2.05) is 4.72 Å². The molecule has 1 rings (SSSR count). The number of carboxylic acids is 1. The Bertz CT molecular complexity index is 612. The highest BCUT2D eigenvalue weighted by molar-refractivity contribution is 7.89. The van der Waals surface area contributed by atoms with Gasteiger partial charge in [0.15, 0.2) is 0 Å². The molecule has 3 N–H and O–H groups in total. The molecule has 0 bridgehead atoms. The van der Waals surface area contributed by atoms with E-state index >= 15 is 0 Å². The van der Waals surface area contributed by atoms with Gasteiger partial charge in [-0.05, 0) is 19.1 Å². The van der Waals surface area contributed by atoms with Gasteiger partial charge in [0.1, 0.15) is 22.4 Å². The summed E-state index contributed by atoms with van der Waals surface area (Å²) < 4.78 is 36.4. The summed E-state index contributed by atoms with van der Waals surface area (Å²) in [5, 5.41) is 18.3. The fourth-order valence-corrected chi connectivity index (χ4v) is 3.03. The number of hydrogen-bond donors (Lipinski definition) is 3. The Morgan fingerprint density at radius 3 is 2.33 bits per heavy atom. The number of benzene rings is 1. The highest BCUT2D eigenvalue weighted by atomic mass is 32.2. The third-order valence-electron chi connectivity index (χ3n) is 2.69. The summed E-state index contributed by atoms with van der Waals surface area (Å²) in [6, 6.07) is 2.40. The van der Waals surface area contributed by atoms with Crippen LogP contribution in [0.1, 0.15) is 6.92 Å². The summed E-state index contributed by atoms with van der Waals surface area (Å²) >= 11 is 0. The minimum absolute atomic E-state index is 0.0260. The van der Waals surface area contributed by atoms with Gasteiger partial charge in [0, 0.05) is 6.07 Å². The Balaban J connectivity index is 3.26. The first kappa shape index (κ1) is 17.2. The molecule has 8 nitrogen and oxygen atoms in total. The molecule has 118 valence electrons. The van der Waals surface area contributed by atoms with Gasteiger partial charge in [-0.1, -0.05) is 0 Å². The van der Waals surface area contributed by atoms with Gasteiger partial charge < -0.3 is 19.7 Å². The van der Waals surface area contributed by atoms with Crippen molar-refractivity contribution in [1.82, 2.24) is 4.72 Å². The number of aliphatic carboxylic acids is 1. The average molecular weight is 319 g/mol. The van der Waals surface area contributed by atoms with Gasteiger partial charge >= 0.3 is 5.97 Å². The normalized spacial score (nSPS) is 14.3. The lowest BCUT2D eigenvalue weighted by Crippen LogP contribution is -2.47. The van der Waals surface area contributed by atoms with Crippen molar-refractivity contribution in [2.75, 3.05) is 14.2 Å². The quantitative estimate of drug-likeness (QED) is 0.637. The number of sulfonamides is 1. The summed E-state index contributed by atoms with van der Waals surface area (Å²) in [7, 11) is -1.58. The van der Waals surface area contributed by atoms with Crippen LogP contribution in [0.15, 0.2) is 23.1 Å². The third-order valence-corrected chi connectivity index (χ3v) is 4.15. The van der Waals surface area contributed by atoms with Crippen molar-refractivity contribution in [1.29, 1.82) is 0 Å². The summed E-state index contributed by atoms with van der Waals surface area (Å²) in [6.07, 6.45) is -1.41. The molecule has 0 heterocycles. The molecule has 0 saturated carbocycles. The first-order valence-corrected chi connectivity index (χ1v) is 7.36. The molecule has 21 heavy (non-hydrogen) atoms. The summed E-state index contributed by atoms with van der Waals surface area (Å²) in [5.41, 5.74) is 0. The summed E-state index contributed by atoms with van der Waals surface area (Å²) in [5.74, 6) is -1.20. The van der Waals surface area contributed by atoms with Crippen LogP contribution in [-0.2, 0) is 14.8 Å². The largest absolute Gasteiger partial charge is 0.497 e. The number of nitrogens with one attached hydrogen (secondary N) is 1. The van der Waals surface area contributed by atoms with Gasteiger partial charge in [-0.2, -0.15) is 4.72 Å². The second-order valence-corrected chi connectivity index (χ2v) is 5.88. The highest BCUT2D eigenvalue weighted by Gasteiger charge is 2.31. The van der Waals surface area contributed by atoms with Gasteiger partial charge in [-0.15, -0.1) is 0 Å². The van der Waals surface area contributed by atoms with Crippen molar-refractivity contribution >= 4 is 16.0 Å². The Morgan fingerprint density at radius 1 is 1.29 bits per heavy atom. The Hall–Kier alpha value is -1.84. The molecule has 2 unspecified atom stereocenters. The predicted molar refractivity (Wildman–Crippen MR) is 73.0 cm³/mol. The van der Waals surface area contributed by atoms with Crippen LogP contribution in [0.25, 0.3) is 0 Å². The van der Waals surface area contributed by atoms with Crippen LogP contribution < -0.4 is 14.2 Å². The lowest BCUT2D eigenvalue weighted by atomic mass is 10.2. The van der Waals surface area contributed by atoms with Crippen molar-refractivity contribution in [2.24, 2.45) is 0 Å². The zero-order chi connectivity index (χ0) is 16.2. The van der Waals surface area contributed by atoms with Gasteiger partial charge in [0.25, 0.3) is 0 Å². The van der Waals surface area contributed by atoms with Gasteiger partial charge in [0.2, 0.25) is 10.0 Å². The zero-order valence-electron chi connectivity index (χ0n) is 11.7. The zero-order valence-corrected chi connectivity index (χ0v) is 12.5. The van der Waals surface area contributed by atoms with Gasteiger partial charge in [-0.3, -0.25) is 4.79 Å². The van der Waals surface area contributed by atoms with E-state index in [4.69, 9.17) is 14.6 Å². The van der Waals surface area contributed by atoms with Crippen molar-refractivity contribution in [3.63, 3.8) is 0 Å². The molecule has 0 aliphatic carbocycles. The third kappa shape index (κ3) is 4.06. The molecular weight excluding hydrogens is 302 g/mol. The molecule has 0 amide bonds. The first-order valence-electron chi connectivity index (χ1n) is 5.88. The van der Waals surface area contributed by atoms with E-state index in [2.05, 4.69) is 0 Å². The number of aliphatic hydroxyl groups excluding tert-OH is 1. The molecule has 1 aromatic carbocycles. The molecule has 0 aliphatic rings. The minimum atomic E-state index is -4.22. The average Bonchev–Trinajstić information content (AvgIpc) is 2.43. The topological polar surface area (TPSA) is 122 Å². The smallest absolute Gasteiger partial charge is 0.324 e. The number of ether oxygens (including phenoxy) is 2. The van der Waals surface area contributed by atoms with Gasteiger partial charge in [-0.25, -0.2) is 8.42 Å². The summed E-state index contributed by atoms with van der Waals surface area (Å²) in [6.45, 7) is 1.17. The Labute approximate surface area is 122 Å². The molecule has 9 heteroatoms. The molecule has 0 saturated heterocycles. The predicted octanol–water partition coefficient (Wildman–Crippen LogP) is -0.184. The number of aliphatic hydroxyl groups is 1. The minimum Gasteiger partial charge on any atom is -0.497 e.